The Labute approximate surface area is 164 Å². The molecule has 3 rings (SSSR count). The van der Waals surface area contributed by atoms with E-state index >= 15 is 0 Å². The Balaban J connectivity index is 1.75. The Morgan fingerprint density at radius 3 is 2.43 bits per heavy atom. The van der Waals surface area contributed by atoms with Gasteiger partial charge in [-0.25, -0.2) is 8.42 Å². The third kappa shape index (κ3) is 4.32. The van der Waals surface area contributed by atoms with Gasteiger partial charge in [0.15, 0.2) is 0 Å². The maximum atomic E-state index is 12.9. The fraction of sp³-hybridized carbons (Fsp3) is 0.190. The minimum absolute atomic E-state index is 0.149. The standard InChI is InChI=1S/C21H22N2O4S/c1-3-27-20-11-7-6-10-19(20)22-21(24)15-23(2)28(25,26)18-13-12-16-8-4-5-9-17(16)14-18/h4-14H,3,15H2,1-2H3,(H,22,24). The van der Waals surface area contributed by atoms with Crippen LogP contribution in [-0.2, 0) is 14.8 Å². The van der Waals surface area contributed by atoms with Crippen LogP contribution in [0.5, 0.6) is 5.75 Å². The van der Waals surface area contributed by atoms with Gasteiger partial charge in [0.05, 0.1) is 23.7 Å². The van der Waals surface area contributed by atoms with Gasteiger partial charge in [-0.3, -0.25) is 4.79 Å². The first-order valence-corrected chi connectivity index (χ1v) is 10.3. The highest BCUT2D eigenvalue weighted by Gasteiger charge is 2.23. The summed E-state index contributed by atoms with van der Waals surface area (Å²) in [7, 11) is -2.41. The summed E-state index contributed by atoms with van der Waals surface area (Å²) in [6.45, 7) is 2.00. The highest BCUT2D eigenvalue weighted by Crippen LogP contribution is 2.24. The van der Waals surface area contributed by atoms with Gasteiger partial charge < -0.3 is 10.1 Å². The third-order valence-electron chi connectivity index (χ3n) is 4.26. The van der Waals surface area contributed by atoms with E-state index in [0.717, 1.165) is 15.1 Å². The van der Waals surface area contributed by atoms with Gasteiger partial charge in [-0.05, 0) is 42.0 Å². The number of rotatable bonds is 7. The number of para-hydroxylation sites is 2. The van der Waals surface area contributed by atoms with Crippen molar-refractivity contribution >= 4 is 32.4 Å². The second-order valence-corrected chi connectivity index (χ2v) is 8.29. The zero-order valence-corrected chi connectivity index (χ0v) is 16.6. The summed E-state index contributed by atoms with van der Waals surface area (Å²) in [5, 5.41) is 4.49. The quantitative estimate of drug-likeness (QED) is 0.661. The van der Waals surface area contributed by atoms with Crippen LogP contribution in [0.2, 0.25) is 0 Å². The summed E-state index contributed by atoms with van der Waals surface area (Å²) in [6, 6.07) is 19.5. The molecule has 146 valence electrons. The molecule has 7 heteroatoms. The monoisotopic (exact) mass is 398 g/mol. The van der Waals surface area contributed by atoms with Gasteiger partial charge in [0.2, 0.25) is 15.9 Å². The number of fused-ring (bicyclic) bond motifs is 1. The molecule has 0 radical (unpaired) electrons. The van der Waals surface area contributed by atoms with Crippen LogP contribution in [0.15, 0.2) is 71.6 Å². The van der Waals surface area contributed by atoms with Gasteiger partial charge in [-0.2, -0.15) is 4.31 Å². The third-order valence-corrected chi connectivity index (χ3v) is 6.06. The molecule has 3 aromatic rings. The number of hydrogen-bond donors (Lipinski definition) is 1. The second-order valence-electron chi connectivity index (χ2n) is 6.25. The lowest BCUT2D eigenvalue weighted by Crippen LogP contribution is -2.35. The minimum atomic E-state index is -3.80. The van der Waals surface area contributed by atoms with Gasteiger partial charge in [-0.1, -0.05) is 42.5 Å². The smallest absolute Gasteiger partial charge is 0.243 e. The highest BCUT2D eigenvalue weighted by atomic mass is 32.2. The van der Waals surface area contributed by atoms with Crippen molar-refractivity contribution in [3.8, 4) is 5.75 Å². The van der Waals surface area contributed by atoms with E-state index in [1.807, 2.05) is 31.2 Å². The van der Waals surface area contributed by atoms with Crippen molar-refractivity contribution in [1.29, 1.82) is 0 Å². The van der Waals surface area contributed by atoms with Crippen LogP contribution < -0.4 is 10.1 Å². The highest BCUT2D eigenvalue weighted by molar-refractivity contribution is 7.89. The molecular weight excluding hydrogens is 376 g/mol. The van der Waals surface area contributed by atoms with Crippen LogP contribution in [0, 0.1) is 0 Å². The fourth-order valence-electron chi connectivity index (χ4n) is 2.84. The number of anilines is 1. The molecule has 0 aliphatic carbocycles. The lowest BCUT2D eigenvalue weighted by atomic mass is 10.1. The van der Waals surface area contributed by atoms with Crippen LogP contribution in [0.1, 0.15) is 6.92 Å². The zero-order valence-electron chi connectivity index (χ0n) is 15.8. The Bertz CT molecular complexity index is 1100. The van der Waals surface area contributed by atoms with Crippen LogP contribution in [-0.4, -0.2) is 38.8 Å². The van der Waals surface area contributed by atoms with Crippen molar-refractivity contribution in [1.82, 2.24) is 4.31 Å². The predicted octanol–water partition coefficient (Wildman–Crippen LogP) is 3.50. The Kier molecular flexibility index (Phi) is 5.96. The molecule has 0 atom stereocenters. The summed E-state index contributed by atoms with van der Waals surface area (Å²) in [5.41, 5.74) is 0.505. The average Bonchev–Trinajstić information content (AvgIpc) is 2.69. The van der Waals surface area contributed by atoms with Gasteiger partial charge in [0, 0.05) is 7.05 Å². The summed E-state index contributed by atoms with van der Waals surface area (Å²) >= 11 is 0. The van der Waals surface area contributed by atoms with E-state index in [-0.39, 0.29) is 11.4 Å². The molecule has 0 aromatic heterocycles. The largest absolute Gasteiger partial charge is 0.492 e. The summed E-state index contributed by atoms with van der Waals surface area (Å²) in [5.74, 6) is 0.0948. The number of ether oxygens (including phenoxy) is 1. The van der Waals surface area contributed by atoms with Gasteiger partial charge in [-0.15, -0.1) is 0 Å². The first kappa shape index (κ1) is 19.9. The van der Waals surface area contributed by atoms with Crippen molar-refractivity contribution in [2.45, 2.75) is 11.8 Å². The number of carbonyl (C=O) groups is 1. The molecule has 0 spiro atoms. The molecule has 28 heavy (non-hydrogen) atoms. The molecule has 0 saturated carbocycles. The minimum Gasteiger partial charge on any atom is -0.492 e. The predicted molar refractivity (Wildman–Crippen MR) is 110 cm³/mol. The maximum absolute atomic E-state index is 12.9. The Morgan fingerprint density at radius 1 is 1.00 bits per heavy atom. The van der Waals surface area contributed by atoms with Crippen molar-refractivity contribution in [3.63, 3.8) is 0 Å². The number of likely N-dealkylation sites (N-methyl/N-ethyl adjacent to an activating group) is 1. The number of benzene rings is 3. The van der Waals surface area contributed by atoms with Crippen LogP contribution in [0.3, 0.4) is 0 Å². The maximum Gasteiger partial charge on any atom is 0.243 e. The summed E-state index contributed by atoms with van der Waals surface area (Å²) < 4.78 is 32.2. The van der Waals surface area contributed by atoms with E-state index in [0.29, 0.717) is 18.0 Å². The second kappa shape index (κ2) is 8.41. The van der Waals surface area contributed by atoms with E-state index in [2.05, 4.69) is 5.32 Å². The van der Waals surface area contributed by atoms with Crippen molar-refractivity contribution in [2.75, 3.05) is 25.5 Å². The first-order valence-electron chi connectivity index (χ1n) is 8.88. The van der Waals surface area contributed by atoms with Gasteiger partial charge in [0.25, 0.3) is 0 Å². The van der Waals surface area contributed by atoms with Crippen LogP contribution in [0.4, 0.5) is 5.69 Å². The molecule has 3 aromatic carbocycles. The molecule has 0 unspecified atom stereocenters. The van der Waals surface area contributed by atoms with E-state index < -0.39 is 15.9 Å². The summed E-state index contributed by atoms with van der Waals surface area (Å²) in [6.07, 6.45) is 0. The zero-order chi connectivity index (χ0) is 20.1. The van der Waals surface area contributed by atoms with Crippen molar-refractivity contribution in [2.24, 2.45) is 0 Å². The normalized spacial score (nSPS) is 11.5. The lowest BCUT2D eigenvalue weighted by molar-refractivity contribution is -0.116. The molecule has 0 bridgehead atoms. The molecule has 0 saturated heterocycles. The number of nitrogens with zero attached hydrogens (tertiary/aromatic N) is 1. The van der Waals surface area contributed by atoms with E-state index in [4.69, 9.17) is 4.74 Å². The molecule has 1 amide bonds. The Hall–Kier alpha value is -2.90. The summed E-state index contributed by atoms with van der Waals surface area (Å²) in [4.78, 5) is 12.5. The molecule has 0 aliphatic heterocycles. The van der Waals surface area contributed by atoms with Crippen LogP contribution >= 0.6 is 0 Å². The van der Waals surface area contributed by atoms with E-state index in [9.17, 15) is 13.2 Å². The molecule has 1 N–H and O–H groups in total. The molecule has 6 nitrogen and oxygen atoms in total. The van der Waals surface area contributed by atoms with E-state index in [1.165, 1.54) is 7.05 Å². The number of hydrogen-bond acceptors (Lipinski definition) is 4. The fourth-order valence-corrected chi connectivity index (χ4v) is 4.00. The molecule has 0 fully saturated rings. The molecule has 0 heterocycles. The number of sulfonamides is 1. The van der Waals surface area contributed by atoms with Crippen LogP contribution in [0.25, 0.3) is 10.8 Å². The number of amides is 1. The average molecular weight is 398 g/mol. The topological polar surface area (TPSA) is 75.7 Å². The molecule has 0 aliphatic rings. The number of carbonyl (C=O) groups excluding carboxylic acids is 1. The molecular formula is C21H22N2O4S. The Morgan fingerprint density at radius 2 is 1.68 bits per heavy atom. The number of nitrogens with one attached hydrogen (secondary N) is 1. The van der Waals surface area contributed by atoms with E-state index in [1.54, 1.807) is 42.5 Å². The van der Waals surface area contributed by atoms with Crippen molar-refractivity contribution < 1.29 is 17.9 Å². The van der Waals surface area contributed by atoms with Gasteiger partial charge in [0.1, 0.15) is 5.75 Å². The van der Waals surface area contributed by atoms with Gasteiger partial charge >= 0.3 is 0 Å². The SMILES string of the molecule is CCOc1ccccc1NC(=O)CN(C)S(=O)(=O)c1ccc2ccccc2c1. The first-order chi connectivity index (χ1) is 13.4. The lowest BCUT2D eigenvalue weighted by Gasteiger charge is -2.18. The van der Waals surface area contributed by atoms with Crippen molar-refractivity contribution in [3.05, 3.63) is 66.7 Å².